The molecular formula is C13H20N4OS. The minimum Gasteiger partial charge on any atom is -0.507 e. The van der Waals surface area contributed by atoms with E-state index in [2.05, 4.69) is 34.6 Å². The van der Waals surface area contributed by atoms with Crippen molar-refractivity contribution in [1.29, 1.82) is 0 Å². The summed E-state index contributed by atoms with van der Waals surface area (Å²) in [4.78, 5) is 2.16. The molecule has 0 unspecified atom stereocenters. The Morgan fingerprint density at radius 2 is 2.11 bits per heavy atom. The average Bonchev–Trinajstić information content (AvgIpc) is 2.42. The molecule has 0 aliphatic heterocycles. The first-order chi connectivity index (χ1) is 9.12. The maximum absolute atomic E-state index is 9.96. The molecule has 0 fully saturated rings. The Morgan fingerprint density at radius 3 is 2.63 bits per heavy atom. The Morgan fingerprint density at radius 1 is 1.42 bits per heavy atom. The molecule has 0 heterocycles. The zero-order valence-electron chi connectivity index (χ0n) is 11.5. The molecule has 19 heavy (non-hydrogen) atoms. The lowest BCUT2D eigenvalue weighted by Crippen LogP contribution is -2.28. The molecule has 1 aromatic rings. The lowest BCUT2D eigenvalue weighted by atomic mass is 10.2. The maximum Gasteiger partial charge on any atom is 0.186 e. The molecule has 1 rings (SSSR count). The third kappa shape index (κ3) is 4.40. The summed E-state index contributed by atoms with van der Waals surface area (Å²) in [6.07, 6.45) is 1.53. The van der Waals surface area contributed by atoms with Crippen LogP contribution in [0.25, 0.3) is 0 Å². The average molecular weight is 280 g/mol. The van der Waals surface area contributed by atoms with Crippen molar-refractivity contribution in [2.24, 2.45) is 5.10 Å². The third-order valence-corrected chi connectivity index (χ3v) is 3.03. The highest BCUT2D eigenvalue weighted by molar-refractivity contribution is 7.80. The van der Waals surface area contributed by atoms with Gasteiger partial charge in [-0.05, 0) is 38.2 Å². The van der Waals surface area contributed by atoms with Crippen LogP contribution in [0.3, 0.4) is 0 Å². The number of phenolic OH excluding ortho intramolecular Hbond substituents is 1. The molecule has 5 nitrogen and oxygen atoms in total. The second-order valence-electron chi connectivity index (χ2n) is 3.86. The quantitative estimate of drug-likeness (QED) is 0.435. The van der Waals surface area contributed by atoms with Gasteiger partial charge in [-0.2, -0.15) is 5.10 Å². The van der Waals surface area contributed by atoms with E-state index in [0.29, 0.717) is 10.7 Å². The predicted octanol–water partition coefficient (Wildman–Crippen LogP) is 1.67. The fraction of sp³-hybridized carbons (Fsp3) is 0.385. The fourth-order valence-electron chi connectivity index (χ4n) is 1.64. The van der Waals surface area contributed by atoms with Crippen LogP contribution < -0.4 is 15.6 Å². The second-order valence-corrected chi connectivity index (χ2v) is 4.27. The summed E-state index contributed by atoms with van der Waals surface area (Å²) in [5, 5.41) is 17.1. The van der Waals surface area contributed by atoms with Gasteiger partial charge in [0.2, 0.25) is 0 Å². The number of nitrogens with one attached hydrogen (secondary N) is 2. The van der Waals surface area contributed by atoms with Crippen LogP contribution in [0.15, 0.2) is 23.3 Å². The van der Waals surface area contributed by atoms with E-state index in [1.54, 1.807) is 13.1 Å². The predicted molar refractivity (Wildman–Crippen MR) is 84.1 cm³/mol. The van der Waals surface area contributed by atoms with Gasteiger partial charge in [0.25, 0.3) is 0 Å². The van der Waals surface area contributed by atoms with Crippen molar-refractivity contribution < 1.29 is 5.11 Å². The molecule has 1 aromatic carbocycles. The van der Waals surface area contributed by atoms with Crippen molar-refractivity contribution >= 4 is 29.2 Å². The third-order valence-electron chi connectivity index (χ3n) is 2.74. The van der Waals surface area contributed by atoms with Crippen molar-refractivity contribution in [3.05, 3.63) is 23.8 Å². The van der Waals surface area contributed by atoms with Gasteiger partial charge < -0.3 is 15.3 Å². The van der Waals surface area contributed by atoms with E-state index in [4.69, 9.17) is 12.2 Å². The van der Waals surface area contributed by atoms with Crippen LogP contribution in [0.2, 0.25) is 0 Å². The van der Waals surface area contributed by atoms with Gasteiger partial charge in [0.1, 0.15) is 5.75 Å². The first kappa shape index (κ1) is 15.2. The van der Waals surface area contributed by atoms with E-state index < -0.39 is 0 Å². The van der Waals surface area contributed by atoms with Gasteiger partial charge in [-0.15, -0.1) is 0 Å². The minimum atomic E-state index is 0.199. The number of hydrogen-bond acceptors (Lipinski definition) is 4. The van der Waals surface area contributed by atoms with Gasteiger partial charge in [-0.25, -0.2) is 0 Å². The van der Waals surface area contributed by atoms with E-state index >= 15 is 0 Å². The van der Waals surface area contributed by atoms with Crippen LogP contribution in [0, 0.1) is 0 Å². The molecular weight excluding hydrogens is 260 g/mol. The normalized spacial score (nSPS) is 10.5. The number of aromatic hydroxyl groups is 1. The molecule has 0 aromatic heterocycles. The van der Waals surface area contributed by atoms with E-state index in [1.807, 2.05) is 12.1 Å². The zero-order valence-corrected chi connectivity index (χ0v) is 12.3. The molecule has 6 heteroatoms. The Balaban J connectivity index is 2.80. The lowest BCUT2D eigenvalue weighted by molar-refractivity contribution is 0.474. The number of rotatable bonds is 5. The highest BCUT2D eigenvalue weighted by Crippen LogP contribution is 2.23. The van der Waals surface area contributed by atoms with Crippen molar-refractivity contribution in [2.75, 3.05) is 25.0 Å². The molecule has 0 saturated carbocycles. The Kier molecular flexibility index (Phi) is 6.08. The molecule has 0 aliphatic rings. The molecule has 0 amide bonds. The summed E-state index contributed by atoms with van der Waals surface area (Å²) in [5.41, 5.74) is 4.28. The Bertz CT molecular complexity index is 458. The molecule has 0 radical (unpaired) electrons. The SMILES string of the molecule is CCN(CC)c1ccc(C=NNC(=S)NC)c(O)c1. The van der Waals surface area contributed by atoms with Gasteiger partial charge in [0.15, 0.2) is 5.11 Å². The number of thiocarbonyl (C=S) groups is 1. The minimum absolute atomic E-state index is 0.199. The van der Waals surface area contributed by atoms with Crippen molar-refractivity contribution in [1.82, 2.24) is 10.7 Å². The van der Waals surface area contributed by atoms with E-state index in [-0.39, 0.29) is 5.75 Å². The number of nitrogens with zero attached hydrogens (tertiary/aromatic N) is 2. The molecule has 3 N–H and O–H groups in total. The summed E-state index contributed by atoms with van der Waals surface area (Å²) in [6.45, 7) is 5.97. The van der Waals surface area contributed by atoms with Crippen molar-refractivity contribution in [2.45, 2.75) is 13.8 Å². The summed E-state index contributed by atoms with van der Waals surface area (Å²) in [7, 11) is 1.71. The Labute approximate surface area is 119 Å². The summed E-state index contributed by atoms with van der Waals surface area (Å²) in [6, 6.07) is 5.53. The van der Waals surface area contributed by atoms with Crippen LogP contribution in [-0.2, 0) is 0 Å². The van der Waals surface area contributed by atoms with E-state index in [1.165, 1.54) is 6.21 Å². The van der Waals surface area contributed by atoms with Crippen LogP contribution >= 0.6 is 12.2 Å². The van der Waals surface area contributed by atoms with Gasteiger partial charge in [0.05, 0.1) is 6.21 Å². The lowest BCUT2D eigenvalue weighted by Gasteiger charge is -2.21. The Hall–Kier alpha value is -1.82. The maximum atomic E-state index is 9.96. The summed E-state index contributed by atoms with van der Waals surface area (Å²) >= 11 is 4.88. The first-order valence-electron chi connectivity index (χ1n) is 6.21. The van der Waals surface area contributed by atoms with E-state index in [0.717, 1.165) is 18.8 Å². The highest BCUT2D eigenvalue weighted by Gasteiger charge is 2.05. The summed E-state index contributed by atoms with van der Waals surface area (Å²) < 4.78 is 0. The van der Waals surface area contributed by atoms with Gasteiger partial charge in [-0.3, -0.25) is 5.43 Å². The zero-order chi connectivity index (χ0) is 14.3. The number of hydrogen-bond donors (Lipinski definition) is 3. The first-order valence-corrected chi connectivity index (χ1v) is 6.61. The number of benzene rings is 1. The topological polar surface area (TPSA) is 59.9 Å². The van der Waals surface area contributed by atoms with Crippen molar-refractivity contribution in [3.8, 4) is 5.75 Å². The van der Waals surface area contributed by atoms with Gasteiger partial charge in [-0.1, -0.05) is 0 Å². The monoisotopic (exact) mass is 280 g/mol. The molecule has 0 atom stereocenters. The number of hydrazone groups is 1. The van der Waals surface area contributed by atoms with Gasteiger partial charge in [0, 0.05) is 37.5 Å². The van der Waals surface area contributed by atoms with E-state index in [9.17, 15) is 5.11 Å². The number of anilines is 1. The molecule has 0 aliphatic carbocycles. The number of phenols is 1. The molecule has 0 saturated heterocycles. The largest absolute Gasteiger partial charge is 0.507 e. The van der Waals surface area contributed by atoms with Crippen LogP contribution in [0.4, 0.5) is 5.69 Å². The standard InChI is InChI=1S/C13H20N4OS/c1-4-17(5-2)11-7-6-10(12(18)8-11)9-15-16-13(19)14-3/h6-9,18H,4-5H2,1-3H3,(H2,14,16,19). The van der Waals surface area contributed by atoms with Gasteiger partial charge >= 0.3 is 0 Å². The molecule has 104 valence electrons. The molecule has 0 bridgehead atoms. The van der Waals surface area contributed by atoms with Crippen LogP contribution in [0.5, 0.6) is 5.75 Å². The molecule has 0 spiro atoms. The van der Waals surface area contributed by atoms with Crippen LogP contribution in [0.1, 0.15) is 19.4 Å². The fourth-order valence-corrected chi connectivity index (χ4v) is 1.70. The van der Waals surface area contributed by atoms with Crippen molar-refractivity contribution in [3.63, 3.8) is 0 Å². The van der Waals surface area contributed by atoms with Crippen LogP contribution in [-0.4, -0.2) is 36.6 Å². The second kappa shape index (κ2) is 7.58. The smallest absolute Gasteiger partial charge is 0.186 e. The highest BCUT2D eigenvalue weighted by atomic mass is 32.1. The summed E-state index contributed by atoms with van der Waals surface area (Å²) in [5.74, 6) is 0.199.